The molecule has 0 aromatic carbocycles. The molecule has 2 fully saturated rings. The van der Waals surface area contributed by atoms with Gasteiger partial charge in [0.2, 0.25) is 0 Å². The smallest absolute Gasteiger partial charge is 1.00 e. The number of hydrogen-bond donors (Lipinski definition) is 0. The van der Waals surface area contributed by atoms with Gasteiger partial charge in [-0.3, -0.25) is 12.2 Å². The molecule has 0 radical (unpaired) electrons. The summed E-state index contributed by atoms with van der Waals surface area (Å²) in [5.74, 6) is 0. The van der Waals surface area contributed by atoms with Crippen LogP contribution in [0.2, 0.25) is 36.3 Å². The molecule has 2 saturated heterocycles. The average molecular weight is 502 g/mol. The van der Waals surface area contributed by atoms with Gasteiger partial charge in [-0.15, -0.1) is 0 Å². The third-order valence-electron chi connectivity index (χ3n) is 7.14. The molecule has 0 unspecified atom stereocenters. The Morgan fingerprint density at radius 2 is 1.07 bits per heavy atom. The van der Waals surface area contributed by atoms with Crippen molar-refractivity contribution >= 4 is 16.1 Å². The third-order valence-corrected chi connectivity index (χ3v) is 18.2. The Kier molecular flexibility index (Phi) is 13.6. The van der Waals surface area contributed by atoms with Crippen LogP contribution >= 0.6 is 0 Å². The van der Waals surface area contributed by atoms with Crippen molar-refractivity contribution in [2.75, 3.05) is 0 Å². The van der Waals surface area contributed by atoms with Crippen molar-refractivity contribution in [1.29, 1.82) is 0 Å². The zero-order chi connectivity index (χ0) is 18.6. The molecule has 0 spiro atoms. The molecular formula is C24H38Cl2Si2Ti. The molecule has 0 aromatic rings. The van der Waals surface area contributed by atoms with Crippen LogP contribution in [0.1, 0.15) is 66.2 Å². The molecule has 0 N–H and O–H groups in total. The first-order chi connectivity index (χ1) is 12.5. The van der Waals surface area contributed by atoms with Crippen molar-refractivity contribution in [2.45, 2.75) is 102 Å². The standard InChI is InChI=1S/2C12H19Si.2ClH.Ti/c2*1-3-7-13(8-4-9-13)12-6-5-11(2)10-12;;;/h2*6H,3-5,7-9H2,1-2H3;2*1H;/q2*-1;;;+4/p-2. The molecule has 0 aromatic heterocycles. The van der Waals surface area contributed by atoms with Gasteiger partial charge >= 0.3 is 21.7 Å². The molecule has 2 heterocycles. The average Bonchev–Trinajstić information content (AvgIpc) is 3.16. The van der Waals surface area contributed by atoms with E-state index in [9.17, 15) is 0 Å². The normalized spacial score (nSPS) is 22.5. The summed E-state index contributed by atoms with van der Waals surface area (Å²) in [5.41, 5.74) is 2.93. The number of rotatable bonds is 6. The van der Waals surface area contributed by atoms with Gasteiger partial charge in [0, 0.05) is 16.1 Å². The van der Waals surface area contributed by atoms with E-state index in [2.05, 4.69) is 52.0 Å². The van der Waals surface area contributed by atoms with Crippen LogP contribution in [-0.2, 0) is 21.7 Å². The molecule has 2 aliphatic carbocycles. The molecule has 4 aliphatic rings. The van der Waals surface area contributed by atoms with E-state index in [0.717, 1.165) is 0 Å². The van der Waals surface area contributed by atoms with E-state index in [0.29, 0.717) is 0 Å². The van der Waals surface area contributed by atoms with Crippen LogP contribution < -0.4 is 24.8 Å². The van der Waals surface area contributed by atoms with E-state index in [-0.39, 0.29) is 46.5 Å². The molecule has 0 atom stereocenters. The van der Waals surface area contributed by atoms with Gasteiger partial charge in [-0.25, -0.2) is 22.5 Å². The van der Waals surface area contributed by atoms with Gasteiger partial charge in [-0.05, 0) is 0 Å². The van der Waals surface area contributed by atoms with E-state index in [1.807, 2.05) is 0 Å². The Labute approximate surface area is 209 Å². The largest absolute Gasteiger partial charge is 4.00 e. The van der Waals surface area contributed by atoms with E-state index in [1.165, 1.54) is 61.8 Å². The summed E-state index contributed by atoms with van der Waals surface area (Å²) >= 11 is 0. The number of allylic oxidation sites excluding steroid dienone is 8. The van der Waals surface area contributed by atoms with Crippen LogP contribution in [0.15, 0.2) is 33.7 Å². The molecule has 0 saturated carbocycles. The molecule has 5 heteroatoms. The Morgan fingerprint density at radius 1 is 0.724 bits per heavy atom. The Bertz CT molecular complexity index is 585. The van der Waals surface area contributed by atoms with Gasteiger partial charge in [0.15, 0.2) is 0 Å². The molecule has 160 valence electrons. The SMILES string of the molecule is CCC[Si]1(C2=CCC(C)=[C-]2)CCC1.CCC[Si]1(C2=CCC(C)=[C-]2)CCC1.[Cl-].[Cl-].[Ti+4]. The first kappa shape index (κ1) is 29.7. The second-order valence-electron chi connectivity index (χ2n) is 9.22. The maximum absolute atomic E-state index is 3.62. The quantitative estimate of drug-likeness (QED) is 0.385. The fourth-order valence-electron chi connectivity index (χ4n) is 5.34. The summed E-state index contributed by atoms with van der Waals surface area (Å²) in [6.07, 6.45) is 20.3. The molecule has 2 aliphatic heterocycles. The fourth-order valence-corrected chi connectivity index (χ4v) is 14.3. The van der Waals surface area contributed by atoms with Crippen LogP contribution in [0.25, 0.3) is 0 Å². The topological polar surface area (TPSA) is 0 Å². The van der Waals surface area contributed by atoms with E-state index in [1.54, 1.807) is 34.6 Å². The van der Waals surface area contributed by atoms with Crippen molar-refractivity contribution in [1.82, 2.24) is 0 Å². The molecular weight excluding hydrogens is 463 g/mol. The predicted octanol–water partition coefficient (Wildman–Crippen LogP) is 1.74. The summed E-state index contributed by atoms with van der Waals surface area (Å²) in [4.78, 5) is 0. The monoisotopic (exact) mass is 500 g/mol. The van der Waals surface area contributed by atoms with Crippen molar-refractivity contribution < 1.29 is 46.5 Å². The minimum atomic E-state index is -0.922. The first-order valence-electron chi connectivity index (χ1n) is 11.1. The second kappa shape index (κ2) is 13.3. The minimum absolute atomic E-state index is 0. The van der Waals surface area contributed by atoms with Crippen LogP contribution in [0.3, 0.4) is 0 Å². The van der Waals surface area contributed by atoms with Crippen molar-refractivity contribution in [2.24, 2.45) is 0 Å². The van der Waals surface area contributed by atoms with Crippen LogP contribution in [-0.4, -0.2) is 16.1 Å². The Morgan fingerprint density at radius 3 is 1.24 bits per heavy atom. The van der Waals surface area contributed by atoms with Crippen molar-refractivity contribution in [3.8, 4) is 0 Å². The summed E-state index contributed by atoms with van der Waals surface area (Å²) in [7, 11) is -1.84. The predicted molar refractivity (Wildman–Crippen MR) is 120 cm³/mol. The van der Waals surface area contributed by atoms with Crippen LogP contribution in [0.5, 0.6) is 0 Å². The molecule has 0 bridgehead atoms. The van der Waals surface area contributed by atoms with Gasteiger partial charge in [-0.1, -0.05) is 102 Å². The summed E-state index contributed by atoms with van der Waals surface area (Å²) in [5, 5.41) is 3.36. The molecule has 29 heavy (non-hydrogen) atoms. The summed E-state index contributed by atoms with van der Waals surface area (Å²) < 4.78 is 0. The second-order valence-corrected chi connectivity index (χ2v) is 18.4. The minimum Gasteiger partial charge on any atom is -1.00 e. The summed E-state index contributed by atoms with van der Waals surface area (Å²) in [6, 6.07) is 9.22. The van der Waals surface area contributed by atoms with Gasteiger partial charge in [0.05, 0.1) is 0 Å². The Hall–Kier alpha value is 0.688. The van der Waals surface area contributed by atoms with Gasteiger partial charge < -0.3 is 24.8 Å². The zero-order valence-electron chi connectivity index (χ0n) is 18.9. The van der Waals surface area contributed by atoms with E-state index < -0.39 is 16.1 Å². The van der Waals surface area contributed by atoms with E-state index >= 15 is 0 Å². The van der Waals surface area contributed by atoms with Gasteiger partial charge in [0.1, 0.15) is 0 Å². The third kappa shape index (κ3) is 6.83. The van der Waals surface area contributed by atoms with Crippen LogP contribution in [0, 0.1) is 12.2 Å². The fraction of sp³-hybridized carbons (Fsp3) is 0.667. The van der Waals surface area contributed by atoms with Gasteiger partial charge in [0.25, 0.3) is 0 Å². The van der Waals surface area contributed by atoms with Crippen molar-refractivity contribution in [3.05, 3.63) is 45.8 Å². The van der Waals surface area contributed by atoms with Crippen LogP contribution in [0.4, 0.5) is 0 Å². The van der Waals surface area contributed by atoms with Gasteiger partial charge in [-0.2, -0.15) is 11.1 Å². The molecule has 0 nitrogen and oxygen atoms in total. The maximum Gasteiger partial charge on any atom is 4.00 e. The maximum atomic E-state index is 3.62. The van der Waals surface area contributed by atoms with Crippen molar-refractivity contribution in [3.63, 3.8) is 0 Å². The number of halogens is 2. The van der Waals surface area contributed by atoms with E-state index in [4.69, 9.17) is 0 Å². The zero-order valence-corrected chi connectivity index (χ0v) is 24.0. The summed E-state index contributed by atoms with van der Waals surface area (Å²) in [6.45, 7) is 9.10. The molecule has 4 rings (SSSR count). The Balaban J connectivity index is 0.000000490. The molecule has 0 amide bonds. The number of hydrogen-bond acceptors (Lipinski definition) is 0. The first-order valence-corrected chi connectivity index (χ1v) is 16.4.